The molecule has 0 aliphatic rings. The number of nitrogens with two attached hydrogens (primary N) is 1. The molecule has 1 aromatic heterocycles. The van der Waals surface area contributed by atoms with E-state index in [0.29, 0.717) is 11.7 Å². The Morgan fingerprint density at radius 3 is 2.38 bits per heavy atom. The smallest absolute Gasteiger partial charge is 0.134 e. The third-order valence-electron chi connectivity index (χ3n) is 2.31. The van der Waals surface area contributed by atoms with E-state index < -0.39 is 0 Å². The van der Waals surface area contributed by atoms with Gasteiger partial charge in [-0.25, -0.2) is 4.98 Å². The van der Waals surface area contributed by atoms with Gasteiger partial charge in [0.15, 0.2) is 0 Å². The summed E-state index contributed by atoms with van der Waals surface area (Å²) in [6.45, 7) is 0.377. The second kappa shape index (κ2) is 4.51. The summed E-state index contributed by atoms with van der Waals surface area (Å²) in [4.78, 5) is 4.25. The molecule has 0 atom stereocenters. The molecule has 0 spiro atoms. The van der Waals surface area contributed by atoms with Crippen LogP contribution in [-0.4, -0.2) is 10.1 Å². The normalized spacial score (nSPS) is 10.4. The largest absolute Gasteiger partial charge is 0.508 e. The quantitative estimate of drug-likeness (QED) is 0.786. The summed E-state index contributed by atoms with van der Waals surface area (Å²) in [5.41, 5.74) is 8.00. The number of phenolic OH excluding ortho intramolecular Hbond substituents is 1. The number of benzene rings is 1. The van der Waals surface area contributed by atoms with Crippen molar-refractivity contribution in [1.82, 2.24) is 4.98 Å². The Labute approximate surface area is 98.5 Å². The van der Waals surface area contributed by atoms with Gasteiger partial charge in [-0.2, -0.15) is 0 Å². The summed E-state index contributed by atoms with van der Waals surface area (Å²) in [6.07, 6.45) is 0. The van der Waals surface area contributed by atoms with Gasteiger partial charge in [0.1, 0.15) is 10.9 Å². The molecule has 0 amide bonds. The van der Waals surface area contributed by atoms with Crippen molar-refractivity contribution in [2.45, 2.75) is 6.54 Å². The molecule has 0 saturated heterocycles. The summed E-state index contributed by atoms with van der Waals surface area (Å²) in [6, 6.07) is 10.5. The van der Waals surface area contributed by atoms with Crippen LogP contribution in [0.3, 0.4) is 0 Å². The average Bonchev–Trinajstić information content (AvgIpc) is 2.30. The Hall–Kier alpha value is -1.58. The number of phenols is 1. The number of rotatable bonds is 2. The van der Waals surface area contributed by atoms with E-state index in [4.69, 9.17) is 17.3 Å². The van der Waals surface area contributed by atoms with E-state index in [0.717, 1.165) is 16.8 Å². The van der Waals surface area contributed by atoms with Crippen molar-refractivity contribution < 1.29 is 5.11 Å². The Morgan fingerprint density at radius 2 is 1.81 bits per heavy atom. The lowest BCUT2D eigenvalue weighted by molar-refractivity contribution is 0.475. The Bertz CT molecular complexity index is 497. The topological polar surface area (TPSA) is 59.1 Å². The number of halogens is 1. The zero-order valence-corrected chi connectivity index (χ0v) is 9.28. The molecule has 0 bridgehead atoms. The van der Waals surface area contributed by atoms with Gasteiger partial charge in [-0.05, 0) is 30.3 Å². The van der Waals surface area contributed by atoms with Crippen molar-refractivity contribution >= 4 is 11.6 Å². The van der Waals surface area contributed by atoms with Gasteiger partial charge < -0.3 is 10.8 Å². The molecular formula is C12H11ClN2O. The van der Waals surface area contributed by atoms with Crippen LogP contribution in [0, 0.1) is 0 Å². The van der Waals surface area contributed by atoms with Crippen LogP contribution in [0.2, 0.25) is 5.15 Å². The number of aromatic hydroxyl groups is 1. The fourth-order valence-corrected chi connectivity index (χ4v) is 1.64. The summed E-state index contributed by atoms with van der Waals surface area (Å²) >= 11 is 5.97. The van der Waals surface area contributed by atoms with Crippen LogP contribution in [0.5, 0.6) is 5.75 Å². The minimum absolute atomic E-state index is 0.230. The van der Waals surface area contributed by atoms with Crippen molar-refractivity contribution in [2.75, 3.05) is 0 Å². The van der Waals surface area contributed by atoms with Crippen LogP contribution in [0.1, 0.15) is 5.56 Å². The van der Waals surface area contributed by atoms with E-state index in [1.807, 2.05) is 12.1 Å². The van der Waals surface area contributed by atoms with Crippen LogP contribution in [0.4, 0.5) is 0 Å². The van der Waals surface area contributed by atoms with E-state index in [2.05, 4.69) is 4.98 Å². The lowest BCUT2D eigenvalue weighted by Gasteiger charge is -2.04. The predicted octanol–water partition coefficient (Wildman–Crippen LogP) is 2.57. The zero-order valence-electron chi connectivity index (χ0n) is 8.52. The molecule has 2 rings (SSSR count). The third-order valence-corrected chi connectivity index (χ3v) is 2.64. The van der Waals surface area contributed by atoms with E-state index in [9.17, 15) is 5.11 Å². The van der Waals surface area contributed by atoms with Gasteiger partial charge in [0.2, 0.25) is 0 Å². The lowest BCUT2D eigenvalue weighted by Crippen LogP contribution is -1.98. The fourth-order valence-electron chi connectivity index (χ4n) is 1.41. The maximum atomic E-state index is 9.18. The van der Waals surface area contributed by atoms with Crippen molar-refractivity contribution in [3.63, 3.8) is 0 Å². The van der Waals surface area contributed by atoms with E-state index in [1.165, 1.54) is 0 Å². The van der Waals surface area contributed by atoms with Gasteiger partial charge in [-0.15, -0.1) is 0 Å². The van der Waals surface area contributed by atoms with Gasteiger partial charge in [0.25, 0.3) is 0 Å². The van der Waals surface area contributed by atoms with Gasteiger partial charge in [-0.1, -0.05) is 17.7 Å². The highest BCUT2D eigenvalue weighted by molar-refractivity contribution is 6.30. The molecule has 82 valence electrons. The van der Waals surface area contributed by atoms with Crippen LogP contribution >= 0.6 is 11.6 Å². The van der Waals surface area contributed by atoms with Crippen LogP contribution in [0.25, 0.3) is 11.3 Å². The highest BCUT2D eigenvalue weighted by Gasteiger charge is 2.04. The Kier molecular flexibility index (Phi) is 3.08. The van der Waals surface area contributed by atoms with Crippen molar-refractivity contribution in [1.29, 1.82) is 0 Å². The Morgan fingerprint density at radius 1 is 1.12 bits per heavy atom. The number of hydrogen-bond donors (Lipinski definition) is 2. The van der Waals surface area contributed by atoms with Crippen molar-refractivity contribution in [3.05, 3.63) is 47.1 Å². The predicted molar refractivity (Wildman–Crippen MR) is 64.2 cm³/mol. The second-order valence-electron chi connectivity index (χ2n) is 3.40. The Balaban J connectivity index is 2.41. The summed E-state index contributed by atoms with van der Waals surface area (Å²) in [5.74, 6) is 0.230. The van der Waals surface area contributed by atoms with Gasteiger partial charge in [0.05, 0.1) is 5.69 Å². The fraction of sp³-hybridized carbons (Fsp3) is 0.0833. The number of hydrogen-bond acceptors (Lipinski definition) is 3. The molecule has 1 heterocycles. The van der Waals surface area contributed by atoms with Gasteiger partial charge in [-0.3, -0.25) is 0 Å². The summed E-state index contributed by atoms with van der Waals surface area (Å²) < 4.78 is 0. The monoisotopic (exact) mass is 234 g/mol. The standard InChI is InChI=1S/C12H11ClN2O/c13-12-9(7-14)3-6-11(15-12)8-1-4-10(16)5-2-8/h1-6,16H,7,14H2. The molecule has 2 aromatic rings. The third kappa shape index (κ3) is 2.15. The zero-order chi connectivity index (χ0) is 11.5. The lowest BCUT2D eigenvalue weighted by atomic mass is 10.1. The van der Waals surface area contributed by atoms with Crippen molar-refractivity contribution in [3.8, 4) is 17.0 Å². The molecule has 0 saturated carbocycles. The second-order valence-corrected chi connectivity index (χ2v) is 3.76. The molecule has 3 N–H and O–H groups in total. The highest BCUT2D eigenvalue weighted by Crippen LogP contribution is 2.23. The molecule has 16 heavy (non-hydrogen) atoms. The average molecular weight is 235 g/mol. The SMILES string of the molecule is NCc1ccc(-c2ccc(O)cc2)nc1Cl. The van der Waals surface area contributed by atoms with Crippen LogP contribution < -0.4 is 5.73 Å². The number of pyridine rings is 1. The maximum Gasteiger partial charge on any atom is 0.134 e. The summed E-state index contributed by atoms with van der Waals surface area (Å²) in [7, 11) is 0. The molecule has 0 fully saturated rings. The number of nitrogens with zero attached hydrogens (tertiary/aromatic N) is 1. The molecule has 1 aromatic carbocycles. The number of aromatic nitrogens is 1. The molecule has 0 unspecified atom stereocenters. The molecule has 0 aliphatic heterocycles. The van der Waals surface area contributed by atoms with Crippen LogP contribution in [0.15, 0.2) is 36.4 Å². The van der Waals surface area contributed by atoms with Crippen molar-refractivity contribution in [2.24, 2.45) is 5.73 Å². The van der Waals surface area contributed by atoms with Gasteiger partial charge in [0, 0.05) is 17.7 Å². The van der Waals surface area contributed by atoms with E-state index in [1.54, 1.807) is 24.3 Å². The summed E-state index contributed by atoms with van der Waals surface area (Å²) in [5, 5.41) is 9.60. The first kappa shape index (κ1) is 10.9. The highest BCUT2D eigenvalue weighted by atomic mass is 35.5. The minimum Gasteiger partial charge on any atom is -0.508 e. The van der Waals surface area contributed by atoms with E-state index in [-0.39, 0.29) is 5.75 Å². The molecular weight excluding hydrogens is 224 g/mol. The van der Waals surface area contributed by atoms with Gasteiger partial charge >= 0.3 is 0 Å². The van der Waals surface area contributed by atoms with Crippen LogP contribution in [-0.2, 0) is 6.54 Å². The maximum absolute atomic E-state index is 9.18. The molecule has 0 radical (unpaired) electrons. The molecule has 4 heteroatoms. The van der Waals surface area contributed by atoms with E-state index >= 15 is 0 Å². The molecule has 0 aliphatic carbocycles. The first-order valence-electron chi connectivity index (χ1n) is 4.85. The first-order valence-corrected chi connectivity index (χ1v) is 5.23. The minimum atomic E-state index is 0.230. The molecule has 3 nitrogen and oxygen atoms in total. The first-order chi connectivity index (χ1) is 7.70.